The van der Waals surface area contributed by atoms with E-state index in [1.165, 1.54) is 0 Å². The van der Waals surface area contributed by atoms with Crippen molar-refractivity contribution in [1.82, 2.24) is 0 Å². The Bertz CT molecular complexity index is 1030. The van der Waals surface area contributed by atoms with Crippen LogP contribution in [0.1, 0.15) is 5.56 Å². The predicted molar refractivity (Wildman–Crippen MR) is 121 cm³/mol. The molecule has 0 spiro atoms. The van der Waals surface area contributed by atoms with E-state index in [0.29, 0.717) is 34.2 Å². The van der Waals surface area contributed by atoms with Gasteiger partial charge in [-0.1, -0.05) is 30.3 Å². The van der Waals surface area contributed by atoms with Gasteiger partial charge in [-0.2, -0.15) is 5.26 Å². The van der Waals surface area contributed by atoms with Crippen LogP contribution in [0.3, 0.4) is 0 Å². The molecule has 0 N–H and O–H groups in total. The number of benzene rings is 3. The van der Waals surface area contributed by atoms with Crippen LogP contribution in [0.15, 0.2) is 60.7 Å². The highest BCUT2D eigenvalue weighted by molar-refractivity contribution is 7.50. The van der Waals surface area contributed by atoms with Gasteiger partial charge < -0.3 is 18.5 Å². The molecule has 0 saturated carbocycles. The van der Waals surface area contributed by atoms with Crippen LogP contribution in [-0.2, 0) is 0 Å². The number of methoxy groups -OCH3 is 2. The van der Waals surface area contributed by atoms with Crippen molar-refractivity contribution < 1.29 is 18.5 Å². The normalized spacial score (nSPS) is 10.7. The molecule has 0 aromatic heterocycles. The van der Waals surface area contributed by atoms with Gasteiger partial charge in [-0.15, -0.1) is 0 Å². The second-order valence-corrected chi connectivity index (χ2v) is 7.77. The van der Waals surface area contributed by atoms with Crippen molar-refractivity contribution in [2.24, 2.45) is 0 Å². The fraction of sp³-hybridized carbons (Fsp3) is 0.0909. The van der Waals surface area contributed by atoms with Gasteiger partial charge in [0.15, 0.2) is 28.7 Å². The minimum absolute atomic E-state index is 0.0336. The summed E-state index contributed by atoms with van der Waals surface area (Å²) in [6.45, 7) is 7.11. The highest BCUT2D eigenvalue weighted by Gasteiger charge is 2.11. The van der Waals surface area contributed by atoms with E-state index in [2.05, 4.69) is 10.9 Å². The highest BCUT2D eigenvalue weighted by Crippen LogP contribution is 2.36. The summed E-state index contributed by atoms with van der Waals surface area (Å²) in [6.07, 6.45) is 0. The van der Waals surface area contributed by atoms with E-state index in [4.69, 9.17) is 30.4 Å². The predicted octanol–water partition coefficient (Wildman–Crippen LogP) is 4.72. The quantitative estimate of drug-likeness (QED) is 0.378. The molecule has 0 fully saturated rings. The van der Waals surface area contributed by atoms with Gasteiger partial charge >= 0.3 is 0 Å². The summed E-state index contributed by atoms with van der Waals surface area (Å²) in [5, 5.41) is 11.0. The standard InChI is InChI=1S/C22H18N2O4P2/c1-24-16-9-11-18(20(13-16)26-3)28-30-22-7-5-4-6-21(22)29-27-17-10-8-15(14-23)12-19(17)25-2/h4-13,29-30H,2-3H3. The van der Waals surface area contributed by atoms with Crippen LogP contribution >= 0.6 is 17.6 Å². The van der Waals surface area contributed by atoms with E-state index in [1.807, 2.05) is 24.3 Å². The van der Waals surface area contributed by atoms with Crippen molar-refractivity contribution in [2.45, 2.75) is 0 Å². The van der Waals surface area contributed by atoms with Gasteiger partial charge in [-0.3, -0.25) is 0 Å². The summed E-state index contributed by atoms with van der Waals surface area (Å²) < 4.78 is 22.6. The number of hydrogen-bond acceptors (Lipinski definition) is 5. The van der Waals surface area contributed by atoms with Gasteiger partial charge in [0.05, 0.1) is 32.4 Å². The van der Waals surface area contributed by atoms with Crippen molar-refractivity contribution in [3.05, 3.63) is 77.6 Å². The maximum atomic E-state index is 9.03. The smallest absolute Gasteiger partial charge is 0.191 e. The zero-order valence-electron chi connectivity index (χ0n) is 16.3. The van der Waals surface area contributed by atoms with Crippen molar-refractivity contribution >= 4 is 33.9 Å². The van der Waals surface area contributed by atoms with E-state index in [1.54, 1.807) is 50.6 Å². The number of nitrogens with zero attached hydrogens (tertiary/aromatic N) is 2. The highest BCUT2D eigenvalue weighted by atomic mass is 31.1. The summed E-state index contributed by atoms with van der Waals surface area (Å²) in [4.78, 5) is 3.40. The maximum absolute atomic E-state index is 9.03. The fourth-order valence-corrected chi connectivity index (χ4v) is 4.31. The Balaban J connectivity index is 1.73. The summed E-state index contributed by atoms with van der Waals surface area (Å²) in [5.74, 6) is 2.19. The second-order valence-electron chi connectivity index (χ2n) is 5.88. The van der Waals surface area contributed by atoms with Crippen LogP contribution in [0.25, 0.3) is 4.85 Å². The van der Waals surface area contributed by atoms with Gasteiger partial charge in [0.2, 0.25) is 0 Å². The molecule has 150 valence electrons. The molecule has 0 saturated heterocycles. The minimum Gasteiger partial charge on any atom is -0.494 e. The Kier molecular flexibility index (Phi) is 7.47. The molecule has 0 radical (unpaired) electrons. The van der Waals surface area contributed by atoms with Crippen molar-refractivity contribution in [1.29, 1.82) is 5.26 Å². The van der Waals surface area contributed by atoms with E-state index in [-0.39, 0.29) is 17.6 Å². The van der Waals surface area contributed by atoms with E-state index >= 15 is 0 Å². The molecule has 6 nitrogen and oxygen atoms in total. The van der Waals surface area contributed by atoms with Gasteiger partial charge in [0.1, 0.15) is 17.6 Å². The lowest BCUT2D eigenvalue weighted by Gasteiger charge is -2.14. The first-order chi connectivity index (χ1) is 14.7. The van der Waals surface area contributed by atoms with E-state index in [9.17, 15) is 0 Å². The lowest BCUT2D eigenvalue weighted by atomic mass is 10.2. The molecule has 8 heteroatoms. The first-order valence-corrected chi connectivity index (χ1v) is 10.6. The first kappa shape index (κ1) is 21.4. The molecule has 2 unspecified atom stereocenters. The van der Waals surface area contributed by atoms with Crippen molar-refractivity contribution in [2.75, 3.05) is 14.2 Å². The summed E-state index contributed by atoms with van der Waals surface area (Å²) >= 11 is 0. The lowest BCUT2D eigenvalue weighted by molar-refractivity contribution is 0.399. The number of nitriles is 1. The molecule has 3 rings (SSSR count). The molecular weight excluding hydrogens is 418 g/mol. The fourth-order valence-electron chi connectivity index (χ4n) is 2.51. The molecule has 30 heavy (non-hydrogen) atoms. The number of hydrogen-bond donors (Lipinski definition) is 0. The summed E-state index contributed by atoms with van der Waals surface area (Å²) in [5.41, 5.74) is 1.00. The van der Waals surface area contributed by atoms with Crippen LogP contribution in [0, 0.1) is 17.9 Å². The van der Waals surface area contributed by atoms with Crippen LogP contribution in [0.5, 0.6) is 23.0 Å². The second kappa shape index (κ2) is 10.5. The third-order valence-electron chi connectivity index (χ3n) is 4.04. The molecule has 0 bridgehead atoms. The zero-order chi connectivity index (χ0) is 21.3. The molecule has 0 aliphatic carbocycles. The topological polar surface area (TPSA) is 65.1 Å². The third kappa shape index (κ3) is 5.19. The van der Waals surface area contributed by atoms with Crippen LogP contribution in [0.2, 0.25) is 0 Å². The largest absolute Gasteiger partial charge is 0.494 e. The molecule has 0 aliphatic heterocycles. The summed E-state index contributed by atoms with van der Waals surface area (Å²) in [6, 6.07) is 20.1. The number of rotatable bonds is 8. The Morgan fingerprint density at radius 3 is 1.90 bits per heavy atom. The van der Waals surface area contributed by atoms with Gasteiger partial charge in [0, 0.05) is 16.7 Å². The molecule has 0 amide bonds. The summed E-state index contributed by atoms with van der Waals surface area (Å²) in [7, 11) is 3.16. The Labute approximate surface area is 178 Å². The Morgan fingerprint density at radius 2 is 1.37 bits per heavy atom. The Hall–Kier alpha value is -3.30. The SMILES string of the molecule is [C-]#[N+]c1ccc(OPc2ccccc2POc2ccc(C#N)cc2OC)c(OC)c1. The molecule has 2 atom stereocenters. The zero-order valence-corrected chi connectivity index (χ0v) is 18.3. The third-order valence-corrected chi connectivity index (χ3v) is 6.24. The minimum atomic E-state index is 0.0336. The molecule has 0 aliphatic rings. The maximum Gasteiger partial charge on any atom is 0.191 e. The molecule has 0 heterocycles. The van der Waals surface area contributed by atoms with E-state index < -0.39 is 0 Å². The van der Waals surface area contributed by atoms with Crippen LogP contribution in [-0.4, -0.2) is 14.2 Å². The molecular formula is C22H18N2O4P2. The van der Waals surface area contributed by atoms with Crippen molar-refractivity contribution in [3.63, 3.8) is 0 Å². The Morgan fingerprint density at radius 1 is 0.800 bits per heavy atom. The van der Waals surface area contributed by atoms with Gasteiger partial charge in [-0.05, 0) is 24.3 Å². The average molecular weight is 436 g/mol. The number of ether oxygens (including phenoxy) is 2. The van der Waals surface area contributed by atoms with Crippen molar-refractivity contribution in [3.8, 4) is 29.1 Å². The molecule has 3 aromatic carbocycles. The monoisotopic (exact) mass is 436 g/mol. The van der Waals surface area contributed by atoms with Crippen LogP contribution < -0.4 is 29.1 Å². The molecule has 3 aromatic rings. The van der Waals surface area contributed by atoms with E-state index in [0.717, 1.165) is 10.6 Å². The average Bonchev–Trinajstić information content (AvgIpc) is 2.81. The lowest BCUT2D eigenvalue weighted by Crippen LogP contribution is -2.17. The van der Waals surface area contributed by atoms with Crippen LogP contribution in [0.4, 0.5) is 5.69 Å². The van der Waals surface area contributed by atoms with Gasteiger partial charge in [-0.25, -0.2) is 4.85 Å². The first-order valence-electron chi connectivity index (χ1n) is 8.77. The van der Waals surface area contributed by atoms with Gasteiger partial charge in [0.25, 0.3) is 0 Å².